The van der Waals surface area contributed by atoms with Crippen LogP contribution >= 0.6 is 0 Å². The first kappa shape index (κ1) is 21.1. The molecule has 27 heavy (non-hydrogen) atoms. The highest BCUT2D eigenvalue weighted by Gasteiger charge is 2.52. The first-order valence-electron chi connectivity index (χ1n) is 8.64. The number of methoxy groups -OCH3 is 1. The summed E-state index contributed by atoms with van der Waals surface area (Å²) in [5.74, 6) is -1.42. The summed E-state index contributed by atoms with van der Waals surface area (Å²) >= 11 is 0. The summed E-state index contributed by atoms with van der Waals surface area (Å²) in [7, 11) is 0.515. The molecule has 1 aromatic carbocycles. The summed E-state index contributed by atoms with van der Waals surface area (Å²) in [5, 5.41) is 2.71. The lowest BCUT2D eigenvalue weighted by atomic mass is 9.77. The van der Waals surface area contributed by atoms with Crippen molar-refractivity contribution in [1.82, 2.24) is 5.32 Å². The van der Waals surface area contributed by atoms with Crippen molar-refractivity contribution < 1.29 is 28.0 Å². The molecular weight excluding hydrogens is 352 g/mol. The third-order valence-electron chi connectivity index (χ3n) is 4.79. The number of carbonyl (C=O) groups is 2. The zero-order chi connectivity index (χ0) is 20.4. The van der Waals surface area contributed by atoms with Crippen molar-refractivity contribution in [2.24, 2.45) is 0 Å². The Kier molecular flexibility index (Phi) is 6.12. The van der Waals surface area contributed by atoms with Crippen LogP contribution < -0.4 is 5.32 Å². The van der Waals surface area contributed by atoms with Gasteiger partial charge in [-0.2, -0.15) is 0 Å². The fourth-order valence-electron chi connectivity index (χ4n) is 2.57. The summed E-state index contributed by atoms with van der Waals surface area (Å²) in [6.07, 6.45) is 1.65. The highest BCUT2D eigenvalue weighted by molar-refractivity contribution is 6.56. The van der Waals surface area contributed by atoms with E-state index in [2.05, 4.69) is 10.1 Å². The smallest absolute Gasteiger partial charge is 0.465 e. The zero-order valence-corrected chi connectivity index (χ0v) is 16.5. The van der Waals surface area contributed by atoms with E-state index in [1.165, 1.54) is 26.2 Å². The van der Waals surface area contributed by atoms with E-state index >= 15 is 0 Å². The molecule has 0 spiro atoms. The average Bonchev–Trinajstić information content (AvgIpc) is 2.77. The minimum absolute atomic E-state index is 0.0940. The van der Waals surface area contributed by atoms with Crippen LogP contribution in [0.5, 0.6) is 0 Å². The molecule has 1 saturated heterocycles. The lowest BCUT2D eigenvalue weighted by molar-refractivity contribution is -0.118. The molecule has 0 aromatic heterocycles. The second-order valence-corrected chi connectivity index (χ2v) is 7.48. The van der Waals surface area contributed by atoms with Crippen LogP contribution in [0.25, 0.3) is 6.08 Å². The molecule has 8 heteroatoms. The maximum Gasteiger partial charge on any atom is 0.492 e. The molecule has 1 fully saturated rings. The highest BCUT2D eigenvalue weighted by atomic mass is 19.1. The van der Waals surface area contributed by atoms with Crippen molar-refractivity contribution in [3.63, 3.8) is 0 Å². The van der Waals surface area contributed by atoms with E-state index in [9.17, 15) is 14.0 Å². The van der Waals surface area contributed by atoms with E-state index in [1.807, 2.05) is 27.7 Å². The molecule has 1 heterocycles. The first-order valence-corrected chi connectivity index (χ1v) is 8.64. The van der Waals surface area contributed by atoms with Crippen LogP contribution in [-0.4, -0.2) is 43.9 Å². The second kappa shape index (κ2) is 7.82. The number of nitrogens with one attached hydrogen (secondary N) is 1. The highest BCUT2D eigenvalue weighted by Crippen LogP contribution is 2.38. The molecule has 1 aliphatic heterocycles. The van der Waals surface area contributed by atoms with Crippen LogP contribution in [0.3, 0.4) is 0 Å². The number of benzene rings is 1. The molecule has 1 N–H and O–H groups in total. The van der Waals surface area contributed by atoms with Crippen LogP contribution in [0.2, 0.25) is 0 Å². The molecule has 1 amide bonds. The minimum atomic E-state index is -0.716. The Bertz CT molecular complexity index is 759. The SMILES string of the molecule is COC(=O)c1cc(F)cc(C=C(CNC(C)=O)B2OC(C)(C)C(C)(C)O2)c1. The summed E-state index contributed by atoms with van der Waals surface area (Å²) in [4.78, 5) is 23.1. The topological polar surface area (TPSA) is 73.9 Å². The summed E-state index contributed by atoms with van der Waals surface area (Å²) < 4.78 is 30.7. The van der Waals surface area contributed by atoms with Gasteiger partial charge in [0.25, 0.3) is 0 Å². The monoisotopic (exact) mass is 377 g/mol. The molecule has 1 aliphatic rings. The third kappa shape index (κ3) is 4.96. The number of ether oxygens (including phenoxy) is 1. The van der Waals surface area contributed by atoms with Crippen LogP contribution in [0.4, 0.5) is 4.39 Å². The van der Waals surface area contributed by atoms with Gasteiger partial charge in [0.05, 0.1) is 23.9 Å². The standard InChI is InChI=1S/C19H25BFNO5/c1-12(23)22-11-15(20-26-18(2,3)19(4,5)27-20)8-13-7-14(17(24)25-6)10-16(21)9-13/h7-10H,11H2,1-6H3,(H,22,23). The molecule has 6 nitrogen and oxygen atoms in total. The first-order chi connectivity index (χ1) is 12.4. The normalized spacial score (nSPS) is 18.3. The number of amides is 1. The van der Waals surface area contributed by atoms with Gasteiger partial charge in [-0.15, -0.1) is 0 Å². The predicted molar refractivity (Wildman–Crippen MR) is 100 cm³/mol. The number of esters is 1. The van der Waals surface area contributed by atoms with Gasteiger partial charge in [0.1, 0.15) is 5.82 Å². The van der Waals surface area contributed by atoms with E-state index < -0.39 is 30.1 Å². The summed E-state index contributed by atoms with van der Waals surface area (Å²) in [5.41, 5.74) is 0.00494. The number of hydrogen-bond acceptors (Lipinski definition) is 5. The van der Waals surface area contributed by atoms with E-state index in [-0.39, 0.29) is 18.0 Å². The molecule has 0 bridgehead atoms. The Labute approximate surface area is 159 Å². The minimum Gasteiger partial charge on any atom is -0.465 e. The van der Waals surface area contributed by atoms with Crippen molar-refractivity contribution in [1.29, 1.82) is 0 Å². The zero-order valence-electron chi connectivity index (χ0n) is 16.5. The lowest BCUT2D eigenvalue weighted by Crippen LogP contribution is -2.41. The van der Waals surface area contributed by atoms with Crippen LogP contribution in [0.15, 0.2) is 23.7 Å². The van der Waals surface area contributed by atoms with Crippen LogP contribution in [0.1, 0.15) is 50.5 Å². The molecule has 0 atom stereocenters. The van der Waals surface area contributed by atoms with Gasteiger partial charge >= 0.3 is 13.1 Å². The van der Waals surface area contributed by atoms with Crippen molar-refractivity contribution in [2.45, 2.75) is 45.8 Å². The molecule has 146 valence electrons. The maximum atomic E-state index is 13.9. The Morgan fingerprint density at radius 2 is 1.78 bits per heavy atom. The molecule has 0 aliphatic carbocycles. The fraction of sp³-hybridized carbons (Fsp3) is 0.474. The molecule has 0 radical (unpaired) electrons. The molecular formula is C19H25BFNO5. The molecule has 0 saturated carbocycles. The number of rotatable bonds is 5. The van der Waals surface area contributed by atoms with Crippen molar-refractivity contribution in [3.8, 4) is 0 Å². The average molecular weight is 377 g/mol. The van der Waals surface area contributed by atoms with E-state index in [4.69, 9.17) is 9.31 Å². The van der Waals surface area contributed by atoms with Gasteiger partial charge in [-0.25, -0.2) is 9.18 Å². The third-order valence-corrected chi connectivity index (χ3v) is 4.79. The Hall–Kier alpha value is -2.19. The van der Waals surface area contributed by atoms with E-state index in [1.54, 1.807) is 6.08 Å². The quantitative estimate of drug-likeness (QED) is 0.631. The van der Waals surface area contributed by atoms with Gasteiger partial charge in [-0.3, -0.25) is 4.79 Å². The fourth-order valence-corrected chi connectivity index (χ4v) is 2.57. The maximum absolute atomic E-state index is 13.9. The Morgan fingerprint density at radius 3 is 2.30 bits per heavy atom. The van der Waals surface area contributed by atoms with Crippen LogP contribution in [0, 0.1) is 5.82 Å². The summed E-state index contributed by atoms with van der Waals surface area (Å²) in [6.45, 7) is 9.23. The largest absolute Gasteiger partial charge is 0.492 e. The van der Waals surface area contributed by atoms with Gasteiger partial charge in [-0.05, 0) is 56.9 Å². The van der Waals surface area contributed by atoms with E-state index in [0.29, 0.717) is 11.0 Å². The van der Waals surface area contributed by atoms with Crippen molar-refractivity contribution in [3.05, 3.63) is 40.6 Å². The van der Waals surface area contributed by atoms with Crippen molar-refractivity contribution >= 4 is 25.1 Å². The van der Waals surface area contributed by atoms with Gasteiger partial charge < -0.3 is 19.4 Å². The van der Waals surface area contributed by atoms with E-state index in [0.717, 1.165) is 6.07 Å². The van der Waals surface area contributed by atoms with Gasteiger partial charge in [0.2, 0.25) is 5.91 Å². The Balaban J connectivity index is 2.41. The Morgan fingerprint density at radius 1 is 1.19 bits per heavy atom. The lowest BCUT2D eigenvalue weighted by Gasteiger charge is -2.32. The van der Waals surface area contributed by atoms with Crippen LogP contribution in [-0.2, 0) is 18.8 Å². The van der Waals surface area contributed by atoms with Gasteiger partial charge in [0, 0.05) is 13.5 Å². The predicted octanol–water partition coefficient (Wildman–Crippen LogP) is 2.76. The molecule has 2 rings (SSSR count). The summed E-state index contributed by atoms with van der Waals surface area (Å²) in [6, 6.07) is 3.89. The van der Waals surface area contributed by atoms with Gasteiger partial charge in [0.15, 0.2) is 0 Å². The molecule has 1 aromatic rings. The van der Waals surface area contributed by atoms with Crippen molar-refractivity contribution in [2.75, 3.05) is 13.7 Å². The molecule has 0 unspecified atom stereocenters. The van der Waals surface area contributed by atoms with Gasteiger partial charge in [-0.1, -0.05) is 6.08 Å². The number of carbonyl (C=O) groups excluding carboxylic acids is 2. The number of halogens is 1. The second-order valence-electron chi connectivity index (χ2n) is 7.48. The number of hydrogen-bond donors (Lipinski definition) is 1.